The number of alkyl halides is 3. The van der Waals surface area contributed by atoms with Crippen LogP contribution in [0.2, 0.25) is 0 Å². The number of hydrogen-bond donors (Lipinski definition) is 2. The molecule has 0 aliphatic rings. The number of rotatable bonds is 5. The van der Waals surface area contributed by atoms with Crippen LogP contribution >= 0.6 is 0 Å². The lowest BCUT2D eigenvalue weighted by molar-refractivity contribution is -0.259. The minimum absolute atomic E-state index is 0.0200. The van der Waals surface area contributed by atoms with Crippen molar-refractivity contribution in [3.8, 4) is 23.1 Å². The Morgan fingerprint density at radius 1 is 1.06 bits per heavy atom. The average Bonchev–Trinajstić information content (AvgIpc) is 2.79. The molecule has 0 amide bonds. The van der Waals surface area contributed by atoms with Crippen molar-refractivity contribution >= 4 is 15.7 Å². The molecular weight excluding hydrogens is 471 g/mol. The summed E-state index contributed by atoms with van der Waals surface area (Å²) in [6, 6.07) is 9.41. The molecule has 0 radical (unpaired) electrons. The van der Waals surface area contributed by atoms with Crippen molar-refractivity contribution < 1.29 is 31.4 Å². The van der Waals surface area contributed by atoms with E-state index in [-0.39, 0.29) is 33.5 Å². The molecule has 0 aliphatic carbocycles. The normalized spacial score (nSPS) is 13.6. The van der Waals surface area contributed by atoms with Crippen LogP contribution in [0.25, 0.3) is 11.3 Å². The summed E-state index contributed by atoms with van der Waals surface area (Å²) in [5, 5.41) is 10.0. The molecule has 178 valence electrons. The van der Waals surface area contributed by atoms with Gasteiger partial charge in [-0.05, 0) is 37.3 Å². The second kappa shape index (κ2) is 9.42. The molecule has 3 rings (SSSR count). The lowest BCUT2D eigenvalue weighted by atomic mass is 9.94. The first-order chi connectivity index (χ1) is 15.9. The number of sulfone groups is 1. The van der Waals surface area contributed by atoms with E-state index in [1.54, 1.807) is 0 Å². The summed E-state index contributed by atoms with van der Waals surface area (Å²) in [5.41, 5.74) is 2.61. The van der Waals surface area contributed by atoms with Gasteiger partial charge in [0.05, 0.1) is 21.0 Å². The second-order valence-electron chi connectivity index (χ2n) is 7.37. The highest BCUT2D eigenvalue weighted by molar-refractivity contribution is 7.91. The van der Waals surface area contributed by atoms with Gasteiger partial charge in [0, 0.05) is 30.6 Å². The average molecular weight is 491 g/mol. The van der Waals surface area contributed by atoms with Crippen LogP contribution in [0.4, 0.5) is 19.0 Å². The molecule has 1 atom stereocenters. The predicted octanol–water partition coefficient (Wildman–Crippen LogP) is 3.33. The Bertz CT molecular complexity index is 1340. The first-order valence-corrected chi connectivity index (χ1v) is 11.2. The molecule has 0 aliphatic heterocycles. The van der Waals surface area contributed by atoms with Crippen molar-refractivity contribution in [3.05, 3.63) is 66.0 Å². The quantitative estimate of drug-likeness (QED) is 0.526. The number of benzene rings is 1. The van der Waals surface area contributed by atoms with Crippen molar-refractivity contribution in [2.45, 2.75) is 28.5 Å². The number of nitrogen functional groups attached to an aromatic ring is 1. The highest BCUT2D eigenvalue weighted by atomic mass is 32.2. The van der Waals surface area contributed by atoms with Crippen LogP contribution in [0.1, 0.15) is 18.1 Å². The van der Waals surface area contributed by atoms with Crippen LogP contribution in [0, 0.1) is 11.8 Å². The Labute approximate surface area is 194 Å². The summed E-state index contributed by atoms with van der Waals surface area (Å²) in [6.07, 6.45) is -2.87. The number of nitrogens with two attached hydrogens (primary N) is 1. The lowest BCUT2D eigenvalue weighted by Crippen LogP contribution is -2.39. The molecule has 0 saturated heterocycles. The van der Waals surface area contributed by atoms with E-state index in [1.807, 2.05) is 0 Å². The first-order valence-electron chi connectivity index (χ1n) is 9.72. The Morgan fingerprint density at radius 2 is 1.71 bits per heavy atom. The summed E-state index contributed by atoms with van der Waals surface area (Å²) in [4.78, 5) is 7.82. The van der Waals surface area contributed by atoms with Gasteiger partial charge in [-0.3, -0.25) is 4.98 Å². The van der Waals surface area contributed by atoms with Gasteiger partial charge in [0.2, 0.25) is 9.84 Å². The first kappa shape index (κ1) is 25.2. The smallest absolute Gasteiger partial charge is 0.384 e. The SMILES string of the molecule is COCC#Cc1cc(C(C)(O)C(F)(F)F)cnc1-c1ccc(S(=O)(=O)c2ccc(N)nc2)cc1. The van der Waals surface area contributed by atoms with Crippen molar-refractivity contribution in [1.82, 2.24) is 9.97 Å². The molecule has 7 nitrogen and oxygen atoms in total. The van der Waals surface area contributed by atoms with Gasteiger partial charge in [-0.15, -0.1) is 0 Å². The van der Waals surface area contributed by atoms with E-state index in [2.05, 4.69) is 21.8 Å². The van der Waals surface area contributed by atoms with Crippen molar-refractivity contribution in [1.29, 1.82) is 0 Å². The molecule has 3 N–H and O–H groups in total. The Hall–Kier alpha value is -3.46. The highest BCUT2D eigenvalue weighted by Crippen LogP contribution is 2.39. The van der Waals surface area contributed by atoms with E-state index >= 15 is 0 Å². The number of aromatic nitrogens is 2. The molecule has 0 bridgehead atoms. The second-order valence-corrected chi connectivity index (χ2v) is 9.32. The zero-order chi connectivity index (χ0) is 25.1. The molecule has 2 aromatic heterocycles. The maximum Gasteiger partial charge on any atom is 0.421 e. The van der Waals surface area contributed by atoms with E-state index in [1.165, 1.54) is 43.5 Å². The van der Waals surface area contributed by atoms with Crippen LogP contribution in [0.3, 0.4) is 0 Å². The van der Waals surface area contributed by atoms with Gasteiger partial charge >= 0.3 is 6.18 Å². The molecule has 34 heavy (non-hydrogen) atoms. The Balaban J connectivity index is 2.05. The van der Waals surface area contributed by atoms with Crippen LogP contribution in [-0.4, -0.2) is 43.4 Å². The number of anilines is 1. The van der Waals surface area contributed by atoms with Gasteiger partial charge in [-0.1, -0.05) is 24.0 Å². The van der Waals surface area contributed by atoms with Crippen molar-refractivity contribution in [3.63, 3.8) is 0 Å². The third-order valence-corrected chi connectivity index (χ3v) is 6.70. The molecule has 3 aromatic rings. The Morgan fingerprint density at radius 3 is 2.26 bits per heavy atom. The number of aliphatic hydroxyl groups is 1. The van der Waals surface area contributed by atoms with E-state index in [4.69, 9.17) is 10.5 Å². The van der Waals surface area contributed by atoms with Crippen LogP contribution in [0.15, 0.2) is 64.6 Å². The van der Waals surface area contributed by atoms with E-state index in [9.17, 15) is 26.7 Å². The number of ether oxygens (including phenoxy) is 1. The van der Waals surface area contributed by atoms with E-state index < -0.39 is 27.2 Å². The molecule has 0 fully saturated rings. The summed E-state index contributed by atoms with van der Waals surface area (Å²) in [7, 11) is -2.45. The zero-order valence-corrected chi connectivity index (χ0v) is 18.9. The summed E-state index contributed by atoms with van der Waals surface area (Å²) >= 11 is 0. The molecule has 1 unspecified atom stereocenters. The fourth-order valence-corrected chi connectivity index (χ4v) is 4.11. The third-order valence-electron chi connectivity index (χ3n) is 4.95. The highest BCUT2D eigenvalue weighted by Gasteiger charge is 2.51. The third kappa shape index (κ3) is 5.04. The number of pyridine rings is 2. The maximum atomic E-state index is 13.3. The van der Waals surface area contributed by atoms with Crippen molar-refractivity contribution in [2.24, 2.45) is 0 Å². The molecular formula is C23H20F3N3O4S. The Kier molecular flexibility index (Phi) is 6.97. The van der Waals surface area contributed by atoms with Gasteiger partial charge in [0.15, 0.2) is 5.60 Å². The lowest BCUT2D eigenvalue weighted by Gasteiger charge is -2.26. The predicted molar refractivity (Wildman–Crippen MR) is 118 cm³/mol. The van der Waals surface area contributed by atoms with Crippen molar-refractivity contribution in [2.75, 3.05) is 19.5 Å². The fourth-order valence-electron chi connectivity index (χ4n) is 2.90. The van der Waals surface area contributed by atoms with Gasteiger partial charge < -0.3 is 15.6 Å². The maximum absolute atomic E-state index is 13.3. The number of methoxy groups -OCH3 is 1. The number of hydrogen-bond acceptors (Lipinski definition) is 7. The number of nitrogens with zero attached hydrogens (tertiary/aromatic N) is 2. The molecule has 0 saturated carbocycles. The largest absolute Gasteiger partial charge is 0.421 e. The fraction of sp³-hybridized carbons (Fsp3) is 0.217. The van der Waals surface area contributed by atoms with Gasteiger partial charge in [-0.25, -0.2) is 13.4 Å². The summed E-state index contributed by atoms with van der Waals surface area (Å²) in [6.45, 7) is 0.647. The summed E-state index contributed by atoms with van der Waals surface area (Å²) in [5.74, 6) is 5.53. The standard InChI is InChI=1S/C23H20F3N3O4S/c1-22(30,23(24,25)26)17-12-16(4-3-11-33-2)21(29-13-17)15-5-7-18(8-6-15)34(31,32)19-9-10-20(27)28-14-19/h5-10,12-14,30H,11H2,1-2H3,(H2,27,28). The van der Waals surface area contributed by atoms with E-state index in [0.717, 1.165) is 18.5 Å². The molecule has 0 spiro atoms. The minimum Gasteiger partial charge on any atom is -0.384 e. The van der Waals surface area contributed by atoms with Gasteiger partial charge in [-0.2, -0.15) is 13.2 Å². The van der Waals surface area contributed by atoms with Crippen LogP contribution in [-0.2, 0) is 20.2 Å². The molecule has 2 heterocycles. The van der Waals surface area contributed by atoms with Crippen LogP contribution < -0.4 is 5.73 Å². The summed E-state index contributed by atoms with van der Waals surface area (Å²) < 4.78 is 70.4. The monoisotopic (exact) mass is 491 g/mol. The van der Waals surface area contributed by atoms with Crippen LogP contribution in [0.5, 0.6) is 0 Å². The molecule has 1 aromatic carbocycles. The van der Waals surface area contributed by atoms with Gasteiger partial charge in [0.1, 0.15) is 12.4 Å². The number of halogens is 3. The molecule has 11 heteroatoms. The zero-order valence-electron chi connectivity index (χ0n) is 18.1. The van der Waals surface area contributed by atoms with Gasteiger partial charge in [0.25, 0.3) is 0 Å². The van der Waals surface area contributed by atoms with E-state index in [0.29, 0.717) is 12.5 Å². The minimum atomic E-state index is -4.93. The topological polar surface area (TPSA) is 115 Å².